The Hall–Kier alpha value is -1.43. The molecule has 1 aromatic carbocycles. The number of hydrogen-bond donors (Lipinski definition) is 1. The average molecular weight is 327 g/mol. The van der Waals surface area contributed by atoms with E-state index in [9.17, 15) is 9.18 Å². The Morgan fingerprint density at radius 1 is 1.29 bits per heavy atom. The van der Waals surface area contributed by atoms with E-state index < -0.39 is 0 Å². The molecule has 0 aliphatic rings. The van der Waals surface area contributed by atoms with E-state index in [-0.39, 0.29) is 11.7 Å². The van der Waals surface area contributed by atoms with Gasteiger partial charge >= 0.3 is 0 Å². The lowest BCUT2D eigenvalue weighted by atomic mass is 10.2. The van der Waals surface area contributed by atoms with Gasteiger partial charge < -0.3 is 5.32 Å². The van der Waals surface area contributed by atoms with Crippen LogP contribution in [0.2, 0.25) is 4.34 Å². The van der Waals surface area contributed by atoms with Gasteiger partial charge in [0, 0.05) is 18.0 Å². The second-order valence-electron chi connectivity index (χ2n) is 4.78. The molecule has 6 heteroatoms. The fraction of sp³-hybridized carbons (Fsp3) is 0.267. The molecule has 1 heterocycles. The third-order valence-electron chi connectivity index (χ3n) is 2.87. The molecule has 21 heavy (non-hydrogen) atoms. The minimum Gasteiger partial charge on any atom is -0.351 e. The number of carbonyl (C=O) groups is 1. The van der Waals surface area contributed by atoms with Crippen LogP contribution in [0.25, 0.3) is 0 Å². The van der Waals surface area contributed by atoms with Crippen molar-refractivity contribution in [1.82, 2.24) is 10.2 Å². The summed E-state index contributed by atoms with van der Waals surface area (Å²) in [6.45, 7) is 1.38. The Kier molecular flexibility index (Phi) is 5.73. The summed E-state index contributed by atoms with van der Waals surface area (Å²) in [6.07, 6.45) is 0. The Morgan fingerprint density at radius 3 is 2.62 bits per heavy atom. The van der Waals surface area contributed by atoms with Crippen LogP contribution in [-0.4, -0.2) is 24.4 Å². The third-order valence-corrected chi connectivity index (χ3v) is 4.09. The number of thiophene rings is 1. The van der Waals surface area contributed by atoms with Gasteiger partial charge in [-0.1, -0.05) is 23.7 Å². The number of halogens is 2. The van der Waals surface area contributed by atoms with Crippen molar-refractivity contribution in [3.8, 4) is 0 Å². The molecule has 3 nitrogen and oxygen atoms in total. The van der Waals surface area contributed by atoms with E-state index in [1.807, 2.05) is 24.1 Å². The molecular formula is C15H16ClFN2OS. The molecule has 0 aliphatic heterocycles. The summed E-state index contributed by atoms with van der Waals surface area (Å²) < 4.78 is 13.5. The molecule has 0 fully saturated rings. The summed E-state index contributed by atoms with van der Waals surface area (Å²) >= 11 is 7.38. The van der Waals surface area contributed by atoms with Crippen LogP contribution in [0.4, 0.5) is 4.39 Å². The second-order valence-corrected chi connectivity index (χ2v) is 6.58. The fourth-order valence-electron chi connectivity index (χ4n) is 1.86. The van der Waals surface area contributed by atoms with Crippen LogP contribution in [-0.2, 0) is 17.9 Å². The van der Waals surface area contributed by atoms with Crippen LogP contribution in [0, 0.1) is 5.82 Å². The number of likely N-dealkylation sites (N-methyl/N-ethyl adjacent to an activating group) is 1. The van der Waals surface area contributed by atoms with Crippen molar-refractivity contribution >= 4 is 28.8 Å². The summed E-state index contributed by atoms with van der Waals surface area (Å²) in [5.41, 5.74) is 0.873. The molecule has 1 aromatic heterocycles. The molecule has 2 rings (SSSR count). The van der Waals surface area contributed by atoms with Crippen LogP contribution in [0.15, 0.2) is 36.4 Å². The number of carbonyl (C=O) groups excluding carboxylic acids is 1. The van der Waals surface area contributed by atoms with Gasteiger partial charge in [0.05, 0.1) is 10.9 Å². The van der Waals surface area contributed by atoms with E-state index in [1.54, 1.807) is 12.1 Å². The van der Waals surface area contributed by atoms with Gasteiger partial charge in [-0.05, 0) is 36.9 Å². The van der Waals surface area contributed by atoms with Crippen molar-refractivity contribution in [1.29, 1.82) is 0 Å². The standard InChI is InChI=1S/C15H16ClFN2OS/c1-19(9-13-6-7-14(16)21-13)10-15(20)18-8-11-2-4-12(17)5-3-11/h2-7H,8-10H2,1H3,(H,18,20). The van der Waals surface area contributed by atoms with Crippen LogP contribution < -0.4 is 5.32 Å². The zero-order valence-corrected chi connectivity index (χ0v) is 13.2. The molecule has 0 bridgehead atoms. The zero-order valence-electron chi connectivity index (χ0n) is 11.6. The second kappa shape index (κ2) is 7.54. The summed E-state index contributed by atoms with van der Waals surface area (Å²) in [4.78, 5) is 14.9. The highest BCUT2D eigenvalue weighted by molar-refractivity contribution is 7.16. The van der Waals surface area contributed by atoms with Gasteiger partial charge in [-0.25, -0.2) is 4.39 Å². The maximum absolute atomic E-state index is 12.8. The molecule has 0 aliphatic carbocycles. The summed E-state index contributed by atoms with van der Waals surface area (Å²) in [7, 11) is 1.88. The number of nitrogens with zero attached hydrogens (tertiary/aromatic N) is 1. The minimum atomic E-state index is -0.278. The lowest BCUT2D eigenvalue weighted by Gasteiger charge is -2.15. The molecule has 0 radical (unpaired) electrons. The monoisotopic (exact) mass is 326 g/mol. The van der Waals surface area contributed by atoms with E-state index in [4.69, 9.17) is 11.6 Å². The first-order valence-electron chi connectivity index (χ1n) is 6.47. The topological polar surface area (TPSA) is 32.3 Å². The van der Waals surface area contributed by atoms with E-state index in [0.29, 0.717) is 19.6 Å². The third kappa shape index (κ3) is 5.46. The van der Waals surface area contributed by atoms with Gasteiger partial charge in [-0.15, -0.1) is 11.3 Å². The Balaban J connectivity index is 1.74. The van der Waals surface area contributed by atoms with Crippen LogP contribution >= 0.6 is 22.9 Å². The molecule has 1 amide bonds. The van der Waals surface area contributed by atoms with Gasteiger partial charge in [0.2, 0.25) is 5.91 Å². The predicted molar refractivity (Wildman–Crippen MR) is 83.9 cm³/mol. The summed E-state index contributed by atoms with van der Waals surface area (Å²) in [6, 6.07) is 9.90. The van der Waals surface area contributed by atoms with E-state index >= 15 is 0 Å². The number of amides is 1. The first-order chi connectivity index (χ1) is 10.0. The van der Waals surface area contributed by atoms with Gasteiger partial charge in [-0.2, -0.15) is 0 Å². The number of hydrogen-bond acceptors (Lipinski definition) is 3. The first-order valence-corrected chi connectivity index (χ1v) is 7.66. The SMILES string of the molecule is CN(CC(=O)NCc1ccc(F)cc1)Cc1ccc(Cl)s1. The highest BCUT2D eigenvalue weighted by Crippen LogP contribution is 2.22. The van der Waals surface area contributed by atoms with Gasteiger partial charge in [-0.3, -0.25) is 9.69 Å². The predicted octanol–water partition coefficient (Wildman–Crippen LogP) is 3.29. The van der Waals surface area contributed by atoms with Gasteiger partial charge in [0.25, 0.3) is 0 Å². The molecule has 112 valence electrons. The maximum atomic E-state index is 12.8. The first kappa shape index (κ1) is 15.9. The summed E-state index contributed by atoms with van der Waals surface area (Å²) in [5.74, 6) is -0.344. The molecule has 0 unspecified atom stereocenters. The average Bonchev–Trinajstić information content (AvgIpc) is 2.83. The molecule has 0 saturated carbocycles. The smallest absolute Gasteiger partial charge is 0.234 e. The van der Waals surface area contributed by atoms with E-state index in [1.165, 1.54) is 23.5 Å². The van der Waals surface area contributed by atoms with Crippen molar-refractivity contribution in [3.05, 3.63) is 57.0 Å². The number of benzene rings is 1. The van der Waals surface area contributed by atoms with Crippen molar-refractivity contribution in [2.24, 2.45) is 0 Å². The molecule has 0 atom stereocenters. The van der Waals surface area contributed by atoms with E-state index in [0.717, 1.165) is 14.8 Å². The van der Waals surface area contributed by atoms with Crippen LogP contribution in [0.3, 0.4) is 0 Å². The van der Waals surface area contributed by atoms with Gasteiger partial charge in [0.15, 0.2) is 0 Å². The lowest BCUT2D eigenvalue weighted by molar-refractivity contribution is -0.122. The molecular weight excluding hydrogens is 311 g/mol. The summed E-state index contributed by atoms with van der Waals surface area (Å²) in [5, 5.41) is 2.81. The Bertz CT molecular complexity index is 600. The maximum Gasteiger partial charge on any atom is 0.234 e. The fourth-order valence-corrected chi connectivity index (χ4v) is 3.03. The largest absolute Gasteiger partial charge is 0.351 e. The highest BCUT2D eigenvalue weighted by Gasteiger charge is 2.08. The quantitative estimate of drug-likeness (QED) is 0.883. The molecule has 0 saturated heterocycles. The zero-order chi connectivity index (χ0) is 15.2. The van der Waals surface area contributed by atoms with Crippen molar-refractivity contribution in [2.75, 3.05) is 13.6 Å². The van der Waals surface area contributed by atoms with Crippen LogP contribution in [0.1, 0.15) is 10.4 Å². The normalized spacial score (nSPS) is 10.9. The van der Waals surface area contributed by atoms with Crippen molar-refractivity contribution < 1.29 is 9.18 Å². The Labute approximate surface area is 132 Å². The lowest BCUT2D eigenvalue weighted by Crippen LogP contribution is -2.34. The van der Waals surface area contributed by atoms with E-state index in [2.05, 4.69) is 5.32 Å². The molecule has 1 N–H and O–H groups in total. The highest BCUT2D eigenvalue weighted by atomic mass is 35.5. The van der Waals surface area contributed by atoms with Crippen molar-refractivity contribution in [2.45, 2.75) is 13.1 Å². The minimum absolute atomic E-state index is 0.0653. The van der Waals surface area contributed by atoms with Gasteiger partial charge in [0.1, 0.15) is 5.82 Å². The molecule has 2 aromatic rings. The van der Waals surface area contributed by atoms with Crippen molar-refractivity contribution in [3.63, 3.8) is 0 Å². The number of rotatable bonds is 6. The Morgan fingerprint density at radius 2 is 2.00 bits per heavy atom. The number of nitrogens with one attached hydrogen (secondary N) is 1. The molecule has 0 spiro atoms. The van der Waals surface area contributed by atoms with Crippen LogP contribution in [0.5, 0.6) is 0 Å².